The zero-order chi connectivity index (χ0) is 14.8. The first-order valence-corrected chi connectivity index (χ1v) is 9.52. The van der Waals surface area contributed by atoms with Crippen LogP contribution in [0.3, 0.4) is 0 Å². The summed E-state index contributed by atoms with van der Waals surface area (Å²) >= 11 is 10.4. The van der Waals surface area contributed by atoms with E-state index in [-0.39, 0.29) is 11.8 Å². The quantitative estimate of drug-likeness (QED) is 0.721. The van der Waals surface area contributed by atoms with Gasteiger partial charge >= 0.3 is 0 Å². The van der Waals surface area contributed by atoms with Crippen LogP contribution in [0.1, 0.15) is 27.7 Å². The van der Waals surface area contributed by atoms with E-state index in [4.69, 9.17) is 11.6 Å². The molecule has 0 saturated carbocycles. The molecule has 0 aliphatic rings. The van der Waals surface area contributed by atoms with Gasteiger partial charge in [0.25, 0.3) is 10.0 Å². The lowest BCUT2D eigenvalue weighted by Crippen LogP contribution is -2.36. The van der Waals surface area contributed by atoms with Crippen LogP contribution in [0.25, 0.3) is 0 Å². The average molecular weight is 389 g/mol. The highest BCUT2D eigenvalue weighted by Crippen LogP contribution is 2.36. The Morgan fingerprint density at radius 3 is 2.05 bits per heavy atom. The van der Waals surface area contributed by atoms with Crippen LogP contribution in [0.5, 0.6) is 0 Å². The van der Waals surface area contributed by atoms with Gasteiger partial charge in [-0.05, 0) is 33.8 Å². The van der Waals surface area contributed by atoms with Crippen molar-refractivity contribution in [2.24, 2.45) is 11.8 Å². The van der Waals surface area contributed by atoms with Crippen molar-refractivity contribution >= 4 is 48.9 Å². The monoisotopic (exact) mass is 387 g/mol. The van der Waals surface area contributed by atoms with Crippen LogP contribution < -0.4 is 0 Å². The molecule has 0 spiro atoms. The van der Waals surface area contributed by atoms with Crippen LogP contribution >= 0.6 is 38.9 Å². The fraction of sp³-hybridized carbons (Fsp3) is 0.667. The van der Waals surface area contributed by atoms with E-state index in [1.165, 1.54) is 6.07 Å². The van der Waals surface area contributed by atoms with E-state index in [9.17, 15) is 8.42 Å². The molecule has 110 valence electrons. The van der Waals surface area contributed by atoms with E-state index in [1.807, 2.05) is 27.7 Å². The first-order chi connectivity index (χ1) is 8.64. The van der Waals surface area contributed by atoms with Crippen molar-refractivity contribution in [1.29, 1.82) is 0 Å². The summed E-state index contributed by atoms with van der Waals surface area (Å²) in [4.78, 5) is 0. The number of hydrogen-bond acceptors (Lipinski definition) is 3. The van der Waals surface area contributed by atoms with Crippen molar-refractivity contribution in [3.63, 3.8) is 0 Å². The first-order valence-electron chi connectivity index (χ1n) is 6.09. The normalized spacial score (nSPS) is 12.9. The molecule has 0 amide bonds. The van der Waals surface area contributed by atoms with Crippen molar-refractivity contribution < 1.29 is 8.42 Å². The molecular formula is C12H19BrClNO2S2. The summed E-state index contributed by atoms with van der Waals surface area (Å²) in [6.07, 6.45) is 0. The zero-order valence-corrected chi connectivity index (χ0v) is 15.5. The smallest absolute Gasteiger partial charge is 0.206 e. The maximum absolute atomic E-state index is 12.6. The number of hydrogen-bond donors (Lipinski definition) is 0. The zero-order valence-electron chi connectivity index (χ0n) is 11.5. The summed E-state index contributed by atoms with van der Waals surface area (Å²) in [5.41, 5.74) is 0. The molecule has 0 fully saturated rings. The molecule has 1 rings (SSSR count). The van der Waals surface area contributed by atoms with E-state index in [0.717, 1.165) is 11.3 Å². The molecule has 0 aliphatic carbocycles. The summed E-state index contributed by atoms with van der Waals surface area (Å²) in [7, 11) is -3.46. The van der Waals surface area contributed by atoms with Crippen LogP contribution in [-0.4, -0.2) is 25.8 Å². The Kier molecular flexibility index (Phi) is 6.32. The summed E-state index contributed by atoms with van der Waals surface area (Å²) in [6, 6.07) is 1.51. The number of rotatable bonds is 6. The number of sulfonamides is 1. The molecule has 1 aromatic rings. The topological polar surface area (TPSA) is 37.4 Å². The Morgan fingerprint density at radius 2 is 1.74 bits per heavy atom. The van der Waals surface area contributed by atoms with E-state index < -0.39 is 10.0 Å². The third kappa shape index (κ3) is 4.70. The molecule has 0 N–H and O–H groups in total. The van der Waals surface area contributed by atoms with E-state index in [2.05, 4.69) is 15.9 Å². The molecule has 1 heterocycles. The maximum atomic E-state index is 12.6. The van der Waals surface area contributed by atoms with Gasteiger partial charge in [0, 0.05) is 13.1 Å². The molecule has 1 aromatic heterocycles. The van der Waals surface area contributed by atoms with E-state index in [1.54, 1.807) is 4.31 Å². The summed E-state index contributed by atoms with van der Waals surface area (Å²) < 4.78 is 27.8. The fourth-order valence-corrected chi connectivity index (χ4v) is 5.99. The average Bonchev–Trinajstić information content (AvgIpc) is 2.57. The second kappa shape index (κ2) is 6.89. The highest BCUT2D eigenvalue weighted by atomic mass is 79.9. The highest BCUT2D eigenvalue weighted by Gasteiger charge is 2.28. The Balaban J connectivity index is 3.11. The molecule has 0 aromatic carbocycles. The highest BCUT2D eigenvalue weighted by molar-refractivity contribution is 9.11. The Hall–Kier alpha value is 0.380. The molecule has 0 bridgehead atoms. The number of thiophene rings is 1. The van der Waals surface area contributed by atoms with Crippen LogP contribution in [0.15, 0.2) is 14.1 Å². The predicted octanol–water partition coefficient (Wildman–Crippen LogP) is 4.47. The second-order valence-electron chi connectivity index (χ2n) is 5.30. The van der Waals surface area contributed by atoms with Crippen molar-refractivity contribution in [2.75, 3.05) is 13.1 Å². The standard InChI is InChI=1S/C12H19BrClNO2S2/c1-8(2)6-15(7-9(3)4)19(16,17)11-5-10(14)12(13)18-11/h5,8-9H,6-7H2,1-4H3. The maximum Gasteiger partial charge on any atom is 0.252 e. The summed E-state index contributed by atoms with van der Waals surface area (Å²) in [6.45, 7) is 9.10. The van der Waals surface area contributed by atoms with Crippen LogP contribution in [0, 0.1) is 11.8 Å². The Morgan fingerprint density at radius 1 is 1.26 bits per heavy atom. The van der Waals surface area contributed by atoms with Crippen molar-refractivity contribution in [2.45, 2.75) is 31.9 Å². The molecule has 19 heavy (non-hydrogen) atoms. The van der Waals surface area contributed by atoms with Gasteiger partial charge in [-0.25, -0.2) is 8.42 Å². The van der Waals surface area contributed by atoms with Crippen LogP contribution in [-0.2, 0) is 10.0 Å². The molecule has 0 aliphatic heterocycles. The van der Waals surface area contributed by atoms with Gasteiger partial charge in [0.1, 0.15) is 4.21 Å². The molecule has 0 saturated heterocycles. The SMILES string of the molecule is CC(C)CN(CC(C)C)S(=O)(=O)c1cc(Cl)c(Br)s1. The third-order valence-electron chi connectivity index (χ3n) is 2.35. The van der Waals surface area contributed by atoms with Gasteiger partial charge in [-0.1, -0.05) is 39.3 Å². The molecular weight excluding hydrogens is 370 g/mol. The Labute approximate surface area is 133 Å². The van der Waals surface area contributed by atoms with Gasteiger partial charge < -0.3 is 0 Å². The minimum Gasteiger partial charge on any atom is -0.206 e. The lowest BCUT2D eigenvalue weighted by atomic mass is 10.2. The predicted molar refractivity (Wildman–Crippen MR) is 85.5 cm³/mol. The van der Waals surface area contributed by atoms with Gasteiger partial charge in [0.15, 0.2) is 0 Å². The van der Waals surface area contributed by atoms with Crippen LogP contribution in [0.4, 0.5) is 0 Å². The third-order valence-corrected chi connectivity index (χ3v) is 7.11. The van der Waals surface area contributed by atoms with Gasteiger partial charge in [-0.3, -0.25) is 0 Å². The van der Waals surface area contributed by atoms with Crippen molar-refractivity contribution in [3.05, 3.63) is 14.9 Å². The largest absolute Gasteiger partial charge is 0.252 e. The van der Waals surface area contributed by atoms with Gasteiger partial charge in [0.2, 0.25) is 0 Å². The van der Waals surface area contributed by atoms with E-state index >= 15 is 0 Å². The van der Waals surface area contributed by atoms with Gasteiger partial charge in [-0.15, -0.1) is 11.3 Å². The molecule has 3 nitrogen and oxygen atoms in total. The lowest BCUT2D eigenvalue weighted by Gasteiger charge is -2.24. The number of halogens is 2. The molecule has 0 atom stereocenters. The minimum absolute atomic E-state index is 0.285. The second-order valence-corrected chi connectivity index (χ2v) is 10.2. The minimum atomic E-state index is -3.46. The summed E-state index contributed by atoms with van der Waals surface area (Å²) in [5.74, 6) is 0.569. The lowest BCUT2D eigenvalue weighted by molar-refractivity contribution is 0.334. The van der Waals surface area contributed by atoms with E-state index in [0.29, 0.717) is 26.1 Å². The van der Waals surface area contributed by atoms with Crippen molar-refractivity contribution in [3.8, 4) is 0 Å². The Bertz CT molecular complexity index is 496. The fourth-order valence-electron chi connectivity index (χ4n) is 1.67. The summed E-state index contributed by atoms with van der Waals surface area (Å²) in [5, 5.41) is 0.442. The number of nitrogens with zero attached hydrogens (tertiary/aromatic N) is 1. The van der Waals surface area contributed by atoms with Crippen molar-refractivity contribution in [1.82, 2.24) is 4.31 Å². The molecule has 0 unspecified atom stereocenters. The first kappa shape index (κ1) is 17.4. The van der Waals surface area contributed by atoms with Gasteiger partial charge in [0.05, 0.1) is 8.81 Å². The van der Waals surface area contributed by atoms with Crippen LogP contribution in [0.2, 0.25) is 5.02 Å². The molecule has 0 radical (unpaired) electrons. The van der Waals surface area contributed by atoms with Gasteiger partial charge in [-0.2, -0.15) is 4.31 Å². The molecule has 7 heteroatoms.